The number of nitro groups is 1. The van der Waals surface area contributed by atoms with Crippen LogP contribution in [0.5, 0.6) is 5.75 Å². The van der Waals surface area contributed by atoms with Crippen LogP contribution in [0.25, 0.3) is 28.0 Å². The van der Waals surface area contributed by atoms with Gasteiger partial charge in [-0.2, -0.15) is 0 Å². The number of hydrogen-bond donors (Lipinski definition) is 0. The average Bonchev–Trinajstić information content (AvgIpc) is 2.74. The molecule has 4 rings (SSSR count). The molecular weight excluding hydrogens is 358 g/mol. The number of methoxy groups -OCH3 is 1. The number of benzene rings is 3. The van der Waals surface area contributed by atoms with Gasteiger partial charge in [-0.1, -0.05) is 18.2 Å². The van der Waals surface area contributed by atoms with Crippen molar-refractivity contribution in [2.24, 2.45) is 0 Å². The molecule has 0 fully saturated rings. The lowest BCUT2D eigenvalue weighted by molar-refractivity contribution is -0.384. The van der Waals surface area contributed by atoms with Crippen LogP contribution in [0.4, 0.5) is 5.69 Å². The zero-order valence-electron chi connectivity index (χ0n) is 14.9. The molecule has 28 heavy (non-hydrogen) atoms. The van der Waals surface area contributed by atoms with Crippen molar-refractivity contribution in [1.29, 1.82) is 0 Å². The molecule has 7 nitrogen and oxygen atoms in total. The third-order valence-electron chi connectivity index (χ3n) is 4.42. The summed E-state index contributed by atoms with van der Waals surface area (Å²) in [5.41, 5.74) is 1.23. The Labute approximate surface area is 159 Å². The molecule has 0 atom stereocenters. The van der Waals surface area contributed by atoms with Crippen molar-refractivity contribution in [3.63, 3.8) is 0 Å². The first-order chi connectivity index (χ1) is 13.6. The Morgan fingerprint density at radius 2 is 1.75 bits per heavy atom. The van der Waals surface area contributed by atoms with Crippen LogP contribution in [0.1, 0.15) is 0 Å². The monoisotopic (exact) mass is 373 g/mol. The molecule has 0 aliphatic carbocycles. The summed E-state index contributed by atoms with van der Waals surface area (Å²) >= 11 is 0. The molecule has 0 saturated carbocycles. The molecule has 1 heterocycles. The number of fused-ring (bicyclic) bond motifs is 1. The standard InChI is InChI=1S/C21H15N3O4/c1-28-17-11-9-14(10-12-17)20-22-19-8-3-2-7-18(19)21(25)23(20)15-5-4-6-16(13-15)24(26)27/h2-13H,1H3. The second-order valence-electron chi connectivity index (χ2n) is 6.10. The molecule has 0 spiro atoms. The summed E-state index contributed by atoms with van der Waals surface area (Å²) in [5, 5.41) is 11.6. The lowest BCUT2D eigenvalue weighted by atomic mass is 10.1. The van der Waals surface area contributed by atoms with Gasteiger partial charge in [0.05, 0.1) is 28.6 Å². The van der Waals surface area contributed by atoms with Crippen molar-refractivity contribution in [1.82, 2.24) is 9.55 Å². The first-order valence-electron chi connectivity index (χ1n) is 8.49. The summed E-state index contributed by atoms with van der Waals surface area (Å²) in [6.45, 7) is 0. The third-order valence-corrected chi connectivity index (χ3v) is 4.42. The quantitative estimate of drug-likeness (QED) is 0.399. The number of rotatable bonds is 4. The molecular formula is C21H15N3O4. The number of non-ortho nitro benzene ring substituents is 1. The Bertz CT molecular complexity index is 1250. The molecule has 0 N–H and O–H groups in total. The molecule has 4 aromatic rings. The predicted octanol–water partition coefficient (Wildman–Crippen LogP) is 3.97. The highest BCUT2D eigenvalue weighted by atomic mass is 16.6. The Hall–Kier alpha value is -4.00. The van der Waals surface area contributed by atoms with Gasteiger partial charge in [-0.3, -0.25) is 19.5 Å². The van der Waals surface area contributed by atoms with Crippen LogP contribution in [0, 0.1) is 10.1 Å². The largest absolute Gasteiger partial charge is 0.497 e. The zero-order chi connectivity index (χ0) is 19.7. The Kier molecular flexibility index (Phi) is 4.33. The van der Waals surface area contributed by atoms with E-state index in [1.54, 1.807) is 61.7 Å². The van der Waals surface area contributed by atoms with Crippen molar-refractivity contribution < 1.29 is 9.66 Å². The van der Waals surface area contributed by atoms with Gasteiger partial charge in [0.2, 0.25) is 0 Å². The summed E-state index contributed by atoms with van der Waals surface area (Å²) in [7, 11) is 1.57. The highest BCUT2D eigenvalue weighted by Crippen LogP contribution is 2.25. The SMILES string of the molecule is COc1ccc(-c2nc3ccccc3c(=O)n2-c2cccc([N+](=O)[O-])c2)cc1. The van der Waals surface area contributed by atoms with E-state index in [-0.39, 0.29) is 11.2 Å². The van der Waals surface area contributed by atoms with Gasteiger partial charge in [0.25, 0.3) is 11.2 Å². The van der Waals surface area contributed by atoms with Crippen LogP contribution < -0.4 is 10.3 Å². The summed E-state index contributed by atoms with van der Waals surface area (Å²) in [6, 6.07) is 20.1. The molecule has 0 amide bonds. The fourth-order valence-electron chi connectivity index (χ4n) is 3.05. The van der Waals surface area contributed by atoms with E-state index in [4.69, 9.17) is 4.74 Å². The first-order valence-corrected chi connectivity index (χ1v) is 8.49. The number of nitrogens with zero attached hydrogens (tertiary/aromatic N) is 3. The average molecular weight is 373 g/mol. The van der Waals surface area contributed by atoms with Crippen LogP contribution in [0.2, 0.25) is 0 Å². The van der Waals surface area contributed by atoms with E-state index in [9.17, 15) is 14.9 Å². The summed E-state index contributed by atoms with van der Waals surface area (Å²) in [6.07, 6.45) is 0. The molecule has 138 valence electrons. The maximum atomic E-state index is 13.3. The highest BCUT2D eigenvalue weighted by molar-refractivity contribution is 5.80. The van der Waals surface area contributed by atoms with E-state index < -0.39 is 4.92 Å². The normalized spacial score (nSPS) is 10.8. The Morgan fingerprint density at radius 3 is 2.46 bits per heavy atom. The molecule has 0 saturated heterocycles. The van der Waals surface area contributed by atoms with E-state index in [2.05, 4.69) is 4.98 Å². The lowest BCUT2D eigenvalue weighted by Gasteiger charge is -2.14. The maximum Gasteiger partial charge on any atom is 0.271 e. The summed E-state index contributed by atoms with van der Waals surface area (Å²) < 4.78 is 6.59. The number of ether oxygens (including phenoxy) is 1. The molecule has 0 unspecified atom stereocenters. The van der Waals surface area contributed by atoms with Crippen LogP contribution in [0.3, 0.4) is 0 Å². The first kappa shape index (κ1) is 17.4. The van der Waals surface area contributed by atoms with Crippen LogP contribution in [-0.2, 0) is 0 Å². The van der Waals surface area contributed by atoms with Crippen LogP contribution in [-0.4, -0.2) is 21.6 Å². The molecule has 0 radical (unpaired) electrons. The van der Waals surface area contributed by atoms with E-state index in [0.717, 1.165) is 0 Å². The molecule has 7 heteroatoms. The molecule has 0 aliphatic heterocycles. The van der Waals surface area contributed by atoms with Crippen LogP contribution >= 0.6 is 0 Å². The van der Waals surface area contributed by atoms with Gasteiger partial charge in [-0.25, -0.2) is 4.98 Å². The number of nitro benzene ring substituents is 1. The fraction of sp³-hybridized carbons (Fsp3) is 0.0476. The topological polar surface area (TPSA) is 87.3 Å². The van der Waals surface area contributed by atoms with E-state index >= 15 is 0 Å². The minimum absolute atomic E-state index is 0.0989. The van der Waals surface area contributed by atoms with Gasteiger partial charge in [-0.15, -0.1) is 0 Å². The second kappa shape index (κ2) is 6.96. The molecule has 0 aliphatic rings. The summed E-state index contributed by atoms with van der Waals surface area (Å²) in [5.74, 6) is 1.07. The fourth-order valence-corrected chi connectivity index (χ4v) is 3.05. The van der Waals surface area contributed by atoms with Gasteiger partial charge in [0.1, 0.15) is 11.6 Å². The van der Waals surface area contributed by atoms with E-state index in [0.29, 0.717) is 33.7 Å². The van der Waals surface area contributed by atoms with E-state index in [1.165, 1.54) is 16.7 Å². The van der Waals surface area contributed by atoms with Gasteiger partial charge in [0, 0.05) is 17.7 Å². The minimum Gasteiger partial charge on any atom is -0.497 e. The Morgan fingerprint density at radius 1 is 1.00 bits per heavy atom. The third kappa shape index (κ3) is 2.99. The highest BCUT2D eigenvalue weighted by Gasteiger charge is 2.16. The summed E-state index contributed by atoms with van der Waals surface area (Å²) in [4.78, 5) is 28.6. The van der Waals surface area contributed by atoms with Gasteiger partial charge < -0.3 is 4.74 Å². The lowest BCUT2D eigenvalue weighted by Crippen LogP contribution is -2.22. The smallest absolute Gasteiger partial charge is 0.271 e. The second-order valence-corrected chi connectivity index (χ2v) is 6.10. The molecule has 3 aromatic carbocycles. The van der Waals surface area contributed by atoms with Crippen molar-refractivity contribution in [3.8, 4) is 22.8 Å². The van der Waals surface area contributed by atoms with E-state index in [1.807, 2.05) is 6.07 Å². The van der Waals surface area contributed by atoms with Gasteiger partial charge >= 0.3 is 0 Å². The van der Waals surface area contributed by atoms with Crippen LogP contribution in [0.15, 0.2) is 77.6 Å². The number of aromatic nitrogens is 2. The van der Waals surface area contributed by atoms with Crippen molar-refractivity contribution >= 4 is 16.6 Å². The number of para-hydroxylation sites is 1. The van der Waals surface area contributed by atoms with Crippen molar-refractivity contribution in [2.75, 3.05) is 7.11 Å². The Balaban J connectivity index is 2.05. The number of hydrogen-bond acceptors (Lipinski definition) is 5. The van der Waals surface area contributed by atoms with Crippen molar-refractivity contribution in [3.05, 3.63) is 93.3 Å². The van der Waals surface area contributed by atoms with Gasteiger partial charge in [0.15, 0.2) is 0 Å². The minimum atomic E-state index is -0.490. The maximum absolute atomic E-state index is 13.3. The molecule has 0 bridgehead atoms. The van der Waals surface area contributed by atoms with Crippen molar-refractivity contribution in [2.45, 2.75) is 0 Å². The molecule has 1 aromatic heterocycles. The van der Waals surface area contributed by atoms with Gasteiger partial charge in [-0.05, 0) is 42.5 Å². The predicted molar refractivity (Wildman–Crippen MR) is 106 cm³/mol. The zero-order valence-corrected chi connectivity index (χ0v) is 14.9.